The SMILES string of the molecule is Cc1cc(C(=O)N2CCCCC2C)ccc1NC(=O)CCN1C(=O)c2ccccc2C1=O. The monoisotopic (exact) mass is 433 g/mol. The molecule has 0 saturated carbocycles. The number of nitrogens with one attached hydrogen (secondary N) is 1. The molecule has 2 aromatic carbocycles. The minimum absolute atomic E-state index is 0.00309. The fourth-order valence-electron chi connectivity index (χ4n) is 4.37. The average molecular weight is 434 g/mol. The van der Waals surface area contributed by atoms with Crippen LogP contribution in [0.15, 0.2) is 42.5 Å². The highest BCUT2D eigenvalue weighted by molar-refractivity contribution is 6.21. The predicted octanol–water partition coefficient (Wildman–Crippen LogP) is 3.63. The molecule has 0 spiro atoms. The Morgan fingerprint density at radius 3 is 2.34 bits per heavy atom. The molecule has 1 unspecified atom stereocenters. The molecule has 1 atom stereocenters. The summed E-state index contributed by atoms with van der Waals surface area (Å²) in [7, 11) is 0. The Morgan fingerprint density at radius 2 is 1.72 bits per heavy atom. The number of benzene rings is 2. The summed E-state index contributed by atoms with van der Waals surface area (Å²) < 4.78 is 0. The minimum Gasteiger partial charge on any atom is -0.336 e. The van der Waals surface area contributed by atoms with Crippen LogP contribution >= 0.6 is 0 Å². The van der Waals surface area contributed by atoms with E-state index in [-0.39, 0.29) is 42.6 Å². The van der Waals surface area contributed by atoms with Gasteiger partial charge in [-0.3, -0.25) is 24.1 Å². The van der Waals surface area contributed by atoms with E-state index in [1.54, 1.807) is 42.5 Å². The number of imide groups is 1. The van der Waals surface area contributed by atoms with Gasteiger partial charge in [0.2, 0.25) is 5.91 Å². The smallest absolute Gasteiger partial charge is 0.261 e. The maximum absolute atomic E-state index is 12.9. The van der Waals surface area contributed by atoms with Gasteiger partial charge in [0.15, 0.2) is 0 Å². The largest absolute Gasteiger partial charge is 0.336 e. The van der Waals surface area contributed by atoms with Gasteiger partial charge in [0.1, 0.15) is 0 Å². The molecule has 1 fully saturated rings. The van der Waals surface area contributed by atoms with Crippen LogP contribution in [0.3, 0.4) is 0 Å². The summed E-state index contributed by atoms with van der Waals surface area (Å²) in [4.78, 5) is 53.2. The van der Waals surface area contributed by atoms with Crippen LogP contribution in [0.5, 0.6) is 0 Å². The number of likely N-dealkylation sites (tertiary alicyclic amines) is 1. The first kappa shape index (κ1) is 21.7. The zero-order chi connectivity index (χ0) is 22.8. The van der Waals surface area contributed by atoms with Gasteiger partial charge in [-0.2, -0.15) is 0 Å². The summed E-state index contributed by atoms with van der Waals surface area (Å²) in [6, 6.07) is 12.2. The van der Waals surface area contributed by atoms with Crippen LogP contribution in [0.25, 0.3) is 0 Å². The third kappa shape index (κ3) is 4.15. The van der Waals surface area contributed by atoms with E-state index in [1.807, 2.05) is 11.8 Å². The van der Waals surface area contributed by atoms with Crippen molar-refractivity contribution >= 4 is 29.3 Å². The molecule has 2 aromatic rings. The minimum atomic E-state index is -0.371. The zero-order valence-electron chi connectivity index (χ0n) is 18.4. The van der Waals surface area contributed by atoms with Gasteiger partial charge in [-0.05, 0) is 69.0 Å². The number of nitrogens with zero attached hydrogens (tertiary/aromatic N) is 2. The fourth-order valence-corrected chi connectivity index (χ4v) is 4.37. The summed E-state index contributed by atoms with van der Waals surface area (Å²) in [5.74, 6) is -1.02. The lowest BCUT2D eigenvalue weighted by Gasteiger charge is -2.33. The first-order chi connectivity index (χ1) is 15.4. The Kier molecular flexibility index (Phi) is 6.08. The second-order valence-corrected chi connectivity index (χ2v) is 8.48. The van der Waals surface area contributed by atoms with E-state index >= 15 is 0 Å². The van der Waals surface area contributed by atoms with Crippen molar-refractivity contribution in [1.82, 2.24) is 9.80 Å². The number of piperidine rings is 1. The molecule has 2 heterocycles. The number of fused-ring (bicyclic) bond motifs is 1. The second kappa shape index (κ2) is 8.94. The van der Waals surface area contributed by atoms with E-state index in [4.69, 9.17) is 0 Å². The van der Waals surface area contributed by atoms with Gasteiger partial charge in [0.25, 0.3) is 17.7 Å². The van der Waals surface area contributed by atoms with E-state index in [2.05, 4.69) is 12.2 Å². The number of anilines is 1. The highest BCUT2D eigenvalue weighted by atomic mass is 16.2. The lowest BCUT2D eigenvalue weighted by atomic mass is 10.0. The standard InChI is InChI=1S/C25H27N3O4/c1-16-15-18(23(30)27-13-6-5-7-17(27)2)10-11-21(16)26-22(29)12-14-28-24(31)19-8-3-4-9-20(19)25(28)32/h3-4,8-11,15,17H,5-7,12-14H2,1-2H3,(H,26,29). The van der Waals surface area contributed by atoms with Gasteiger partial charge in [-0.25, -0.2) is 0 Å². The normalized spacial score (nSPS) is 18.0. The number of hydrogen-bond donors (Lipinski definition) is 1. The predicted molar refractivity (Wildman–Crippen MR) is 121 cm³/mol. The van der Waals surface area contributed by atoms with Crippen molar-refractivity contribution in [3.8, 4) is 0 Å². The average Bonchev–Trinajstić information content (AvgIpc) is 3.03. The van der Waals surface area contributed by atoms with Crippen molar-refractivity contribution in [1.29, 1.82) is 0 Å². The summed E-state index contributed by atoms with van der Waals surface area (Å²) in [5, 5.41) is 2.83. The topological polar surface area (TPSA) is 86.8 Å². The van der Waals surface area contributed by atoms with Crippen LogP contribution in [0.2, 0.25) is 0 Å². The van der Waals surface area contributed by atoms with Crippen molar-refractivity contribution < 1.29 is 19.2 Å². The summed E-state index contributed by atoms with van der Waals surface area (Å²) in [5.41, 5.74) is 2.75. The Hall–Kier alpha value is -3.48. The third-order valence-corrected chi connectivity index (χ3v) is 6.25. The van der Waals surface area contributed by atoms with Gasteiger partial charge >= 0.3 is 0 Å². The number of hydrogen-bond acceptors (Lipinski definition) is 4. The summed E-state index contributed by atoms with van der Waals surface area (Å²) in [6.07, 6.45) is 3.19. The molecule has 166 valence electrons. The summed E-state index contributed by atoms with van der Waals surface area (Å²) >= 11 is 0. The van der Waals surface area contributed by atoms with Crippen molar-refractivity contribution in [2.75, 3.05) is 18.4 Å². The van der Waals surface area contributed by atoms with Crippen LogP contribution < -0.4 is 5.32 Å². The molecule has 4 rings (SSSR count). The lowest BCUT2D eigenvalue weighted by molar-refractivity contribution is -0.116. The van der Waals surface area contributed by atoms with Gasteiger partial charge in [0.05, 0.1) is 11.1 Å². The molecule has 7 heteroatoms. The molecule has 0 bridgehead atoms. The van der Waals surface area contributed by atoms with Crippen molar-refractivity contribution in [3.05, 3.63) is 64.7 Å². The van der Waals surface area contributed by atoms with Crippen LogP contribution in [0, 0.1) is 6.92 Å². The molecule has 2 aliphatic rings. The molecule has 1 saturated heterocycles. The lowest BCUT2D eigenvalue weighted by Crippen LogP contribution is -2.42. The Morgan fingerprint density at radius 1 is 1.03 bits per heavy atom. The van der Waals surface area contributed by atoms with Crippen molar-refractivity contribution in [2.24, 2.45) is 0 Å². The molecule has 1 N–H and O–H groups in total. The first-order valence-electron chi connectivity index (χ1n) is 11.0. The molecule has 2 aliphatic heterocycles. The van der Waals surface area contributed by atoms with Crippen LogP contribution in [-0.2, 0) is 4.79 Å². The highest BCUT2D eigenvalue weighted by Crippen LogP contribution is 2.24. The second-order valence-electron chi connectivity index (χ2n) is 8.48. The van der Waals surface area contributed by atoms with Crippen molar-refractivity contribution in [3.63, 3.8) is 0 Å². The third-order valence-electron chi connectivity index (χ3n) is 6.25. The van der Waals surface area contributed by atoms with Gasteiger partial charge < -0.3 is 10.2 Å². The Bertz CT molecular complexity index is 1060. The molecule has 0 aliphatic carbocycles. The van der Waals surface area contributed by atoms with E-state index in [1.165, 1.54) is 0 Å². The van der Waals surface area contributed by atoms with E-state index in [0.717, 1.165) is 36.3 Å². The number of aryl methyl sites for hydroxylation is 1. The number of rotatable bonds is 5. The fraction of sp³-hybridized carbons (Fsp3) is 0.360. The Labute approximate surface area is 187 Å². The molecule has 0 aromatic heterocycles. The van der Waals surface area contributed by atoms with Crippen molar-refractivity contribution in [2.45, 2.75) is 45.6 Å². The molecule has 7 nitrogen and oxygen atoms in total. The summed E-state index contributed by atoms with van der Waals surface area (Å²) in [6.45, 7) is 4.71. The molecule has 4 amide bonds. The maximum Gasteiger partial charge on any atom is 0.261 e. The first-order valence-corrected chi connectivity index (χ1v) is 11.0. The van der Waals surface area contributed by atoms with Crippen LogP contribution in [0.1, 0.15) is 69.2 Å². The molecular formula is C25H27N3O4. The van der Waals surface area contributed by atoms with Gasteiger partial charge in [-0.1, -0.05) is 12.1 Å². The molecule has 32 heavy (non-hydrogen) atoms. The number of amides is 4. The Balaban J connectivity index is 1.36. The molecular weight excluding hydrogens is 406 g/mol. The van der Waals surface area contributed by atoms with Crippen LogP contribution in [-0.4, -0.2) is 52.6 Å². The zero-order valence-corrected chi connectivity index (χ0v) is 18.4. The van der Waals surface area contributed by atoms with Crippen LogP contribution in [0.4, 0.5) is 5.69 Å². The molecule has 0 radical (unpaired) electrons. The highest BCUT2D eigenvalue weighted by Gasteiger charge is 2.35. The maximum atomic E-state index is 12.9. The number of carbonyl (C=O) groups is 4. The van der Waals surface area contributed by atoms with Gasteiger partial charge in [-0.15, -0.1) is 0 Å². The number of carbonyl (C=O) groups excluding carboxylic acids is 4. The van der Waals surface area contributed by atoms with E-state index < -0.39 is 0 Å². The quantitative estimate of drug-likeness (QED) is 0.730. The van der Waals surface area contributed by atoms with E-state index in [9.17, 15) is 19.2 Å². The van der Waals surface area contributed by atoms with E-state index in [0.29, 0.717) is 22.4 Å². The van der Waals surface area contributed by atoms with Gasteiger partial charge in [0, 0.05) is 36.8 Å².